The molecule has 10 heteroatoms. The third-order valence-electron chi connectivity index (χ3n) is 6.27. The van der Waals surface area contributed by atoms with Crippen molar-refractivity contribution >= 4 is 46.0 Å². The minimum absolute atomic E-state index is 0.0110. The van der Waals surface area contributed by atoms with Crippen molar-refractivity contribution in [3.8, 4) is 23.0 Å². The van der Waals surface area contributed by atoms with E-state index < -0.39 is 5.92 Å². The van der Waals surface area contributed by atoms with Gasteiger partial charge >= 0.3 is 0 Å². The average Bonchev–Trinajstić information content (AvgIpc) is 2.96. The van der Waals surface area contributed by atoms with Crippen LogP contribution in [0.25, 0.3) is 0 Å². The molecule has 0 N–H and O–H groups in total. The van der Waals surface area contributed by atoms with Gasteiger partial charge in [0.05, 0.1) is 58.6 Å². The van der Waals surface area contributed by atoms with Crippen LogP contribution in [0.5, 0.6) is 23.0 Å². The van der Waals surface area contributed by atoms with E-state index >= 15 is 0 Å². The molecule has 0 saturated heterocycles. The van der Waals surface area contributed by atoms with Gasteiger partial charge in [-0.2, -0.15) is 0 Å². The van der Waals surface area contributed by atoms with Crippen molar-refractivity contribution in [2.24, 2.45) is 5.92 Å². The molecule has 2 rings (SSSR count). The van der Waals surface area contributed by atoms with E-state index in [0.29, 0.717) is 57.2 Å². The molecule has 0 heterocycles. The van der Waals surface area contributed by atoms with Crippen LogP contribution in [0.4, 0.5) is 0 Å². The SMILES string of the molecule is CCN(CC(=O)C(C)C(=O)CN(CC)C(=S)c1cc(OC)ccc1OC)C(=S)c1cc(OC)ccc1OC. The second-order valence-corrected chi connectivity index (χ2v) is 9.20. The molecular weight excluding hydrogens is 524 g/mol. The number of Topliss-reactive ketones (excluding diaryl/α,β-unsaturated/α-hetero) is 2. The summed E-state index contributed by atoms with van der Waals surface area (Å²) in [4.78, 5) is 30.8. The molecule has 2 aromatic rings. The lowest BCUT2D eigenvalue weighted by Crippen LogP contribution is -2.42. The molecule has 0 saturated carbocycles. The molecule has 206 valence electrons. The Labute approximate surface area is 235 Å². The quantitative estimate of drug-likeness (QED) is 0.248. The molecule has 0 atom stereocenters. The van der Waals surface area contributed by atoms with Crippen molar-refractivity contribution in [3.63, 3.8) is 0 Å². The number of ketones is 2. The maximum atomic E-state index is 13.2. The molecule has 0 fully saturated rings. The van der Waals surface area contributed by atoms with Crippen molar-refractivity contribution in [1.29, 1.82) is 0 Å². The zero-order valence-electron chi connectivity index (χ0n) is 23.0. The molecule has 8 nitrogen and oxygen atoms in total. The number of methoxy groups -OCH3 is 4. The van der Waals surface area contributed by atoms with Crippen LogP contribution in [0.3, 0.4) is 0 Å². The molecule has 0 aliphatic rings. The Morgan fingerprint density at radius 3 is 1.37 bits per heavy atom. The summed E-state index contributed by atoms with van der Waals surface area (Å²) in [6.07, 6.45) is 0. The summed E-state index contributed by atoms with van der Waals surface area (Å²) in [7, 11) is 6.25. The molecule has 0 bridgehead atoms. The number of benzene rings is 2. The molecule has 0 aliphatic heterocycles. The molecule has 2 aromatic carbocycles. The fourth-order valence-electron chi connectivity index (χ4n) is 3.79. The number of ether oxygens (including phenoxy) is 4. The van der Waals surface area contributed by atoms with Crippen molar-refractivity contribution in [3.05, 3.63) is 47.5 Å². The Balaban J connectivity index is 2.16. The lowest BCUT2D eigenvalue weighted by atomic mass is 9.99. The first-order valence-electron chi connectivity index (χ1n) is 12.2. The topological polar surface area (TPSA) is 77.5 Å². The normalized spacial score (nSPS) is 10.5. The summed E-state index contributed by atoms with van der Waals surface area (Å²) < 4.78 is 21.5. The van der Waals surface area contributed by atoms with Gasteiger partial charge in [-0.1, -0.05) is 24.4 Å². The molecule has 38 heavy (non-hydrogen) atoms. The number of carbonyl (C=O) groups is 2. The van der Waals surface area contributed by atoms with Crippen LogP contribution in [0.2, 0.25) is 0 Å². The number of hydrogen-bond acceptors (Lipinski definition) is 8. The zero-order chi connectivity index (χ0) is 28.4. The summed E-state index contributed by atoms with van der Waals surface area (Å²) in [5, 5.41) is 0. The first kappa shape index (κ1) is 31.0. The Morgan fingerprint density at radius 2 is 1.08 bits per heavy atom. The second-order valence-electron chi connectivity index (χ2n) is 8.43. The molecule has 0 spiro atoms. The summed E-state index contributed by atoms with van der Waals surface area (Å²) in [6, 6.07) is 10.6. The van der Waals surface area contributed by atoms with Gasteiger partial charge in [0.1, 0.15) is 33.0 Å². The van der Waals surface area contributed by atoms with E-state index in [1.54, 1.807) is 81.6 Å². The van der Waals surface area contributed by atoms with E-state index in [0.717, 1.165) is 0 Å². The van der Waals surface area contributed by atoms with Crippen molar-refractivity contribution in [1.82, 2.24) is 9.80 Å². The predicted molar refractivity (Wildman–Crippen MR) is 156 cm³/mol. The van der Waals surface area contributed by atoms with E-state index in [1.165, 1.54) is 0 Å². The van der Waals surface area contributed by atoms with Gasteiger partial charge in [-0.15, -0.1) is 0 Å². The molecule has 0 unspecified atom stereocenters. The van der Waals surface area contributed by atoms with Crippen molar-refractivity contribution < 1.29 is 28.5 Å². The van der Waals surface area contributed by atoms with Crippen LogP contribution in [0.15, 0.2) is 36.4 Å². The highest BCUT2D eigenvalue weighted by molar-refractivity contribution is 7.81. The monoisotopic (exact) mass is 560 g/mol. The Bertz CT molecular complexity index is 1080. The van der Waals surface area contributed by atoms with Gasteiger partial charge in [0.25, 0.3) is 0 Å². The van der Waals surface area contributed by atoms with Gasteiger partial charge < -0.3 is 28.7 Å². The fraction of sp³-hybridized carbons (Fsp3) is 0.429. The minimum atomic E-state index is -0.844. The molecule has 0 radical (unpaired) electrons. The van der Waals surface area contributed by atoms with Gasteiger partial charge in [-0.05, 0) is 57.2 Å². The van der Waals surface area contributed by atoms with Crippen LogP contribution >= 0.6 is 24.4 Å². The number of nitrogens with zero attached hydrogens (tertiary/aromatic N) is 2. The summed E-state index contributed by atoms with van der Waals surface area (Å²) >= 11 is 11.4. The van der Waals surface area contributed by atoms with Crippen LogP contribution < -0.4 is 18.9 Å². The molecule has 0 aromatic heterocycles. The van der Waals surface area contributed by atoms with E-state index in [9.17, 15) is 9.59 Å². The fourth-order valence-corrected chi connectivity index (χ4v) is 4.49. The first-order chi connectivity index (χ1) is 18.1. The first-order valence-corrected chi connectivity index (χ1v) is 13.0. The van der Waals surface area contributed by atoms with Crippen molar-refractivity contribution in [2.75, 3.05) is 54.6 Å². The van der Waals surface area contributed by atoms with Gasteiger partial charge in [0, 0.05) is 13.1 Å². The summed E-state index contributed by atoms with van der Waals surface area (Å²) in [6.45, 7) is 6.36. The van der Waals surface area contributed by atoms with Gasteiger partial charge in [-0.3, -0.25) is 9.59 Å². The Kier molecular flexibility index (Phi) is 11.9. The maximum Gasteiger partial charge on any atom is 0.162 e. The number of thiocarbonyl (C=S) groups is 2. The van der Waals surface area contributed by atoms with Crippen molar-refractivity contribution in [2.45, 2.75) is 20.8 Å². The highest BCUT2D eigenvalue weighted by atomic mass is 32.1. The third kappa shape index (κ3) is 7.41. The number of carbonyl (C=O) groups excluding carboxylic acids is 2. The standard InChI is InChI=1S/C28H36N2O6S2/c1-8-29(27(37)21-14-19(33-4)10-12-25(21)35-6)16-23(31)18(3)24(32)17-30(9-2)28(38)22-15-20(34-5)11-13-26(22)36-7/h10-15,18H,8-9,16-17H2,1-7H3. The zero-order valence-corrected chi connectivity index (χ0v) is 24.7. The van der Waals surface area contributed by atoms with Gasteiger partial charge in [0.2, 0.25) is 0 Å². The number of likely N-dealkylation sites (N-methyl/N-ethyl adjacent to an activating group) is 2. The van der Waals surface area contributed by atoms with Crippen LogP contribution in [0, 0.1) is 5.92 Å². The molecule has 0 aliphatic carbocycles. The van der Waals surface area contributed by atoms with E-state index in [4.69, 9.17) is 43.4 Å². The van der Waals surface area contributed by atoms with E-state index in [1.807, 2.05) is 13.8 Å². The molecule has 0 amide bonds. The third-order valence-corrected chi connectivity index (χ3v) is 7.23. The maximum absolute atomic E-state index is 13.2. The predicted octanol–water partition coefficient (Wildman–Crippen LogP) is 4.19. The van der Waals surface area contributed by atoms with Crippen LogP contribution in [-0.2, 0) is 9.59 Å². The number of rotatable bonds is 14. The van der Waals surface area contributed by atoms with E-state index in [-0.39, 0.29) is 24.7 Å². The summed E-state index contributed by atoms with van der Waals surface area (Å²) in [5.74, 6) is 1.08. The average molecular weight is 561 g/mol. The lowest BCUT2D eigenvalue weighted by Gasteiger charge is -2.27. The Morgan fingerprint density at radius 1 is 0.711 bits per heavy atom. The van der Waals surface area contributed by atoms with Gasteiger partial charge in [-0.25, -0.2) is 0 Å². The highest BCUT2D eigenvalue weighted by Crippen LogP contribution is 2.27. The van der Waals surface area contributed by atoms with E-state index in [2.05, 4.69) is 0 Å². The molecular formula is C28H36N2O6S2. The van der Waals surface area contributed by atoms with Crippen LogP contribution in [0.1, 0.15) is 31.9 Å². The summed E-state index contributed by atoms with van der Waals surface area (Å²) in [5.41, 5.74) is 1.29. The highest BCUT2D eigenvalue weighted by Gasteiger charge is 2.27. The second kappa shape index (κ2) is 14.6. The van der Waals surface area contributed by atoms with Crippen LogP contribution in [-0.4, -0.2) is 86.0 Å². The largest absolute Gasteiger partial charge is 0.497 e. The lowest BCUT2D eigenvalue weighted by molar-refractivity contribution is -0.132. The number of hydrogen-bond donors (Lipinski definition) is 0. The smallest absolute Gasteiger partial charge is 0.162 e. The van der Waals surface area contributed by atoms with Gasteiger partial charge in [0.15, 0.2) is 11.6 Å². The minimum Gasteiger partial charge on any atom is -0.497 e. The Hall–Kier alpha value is -3.24.